The molecular formula is C13H21N3S. The van der Waals surface area contributed by atoms with Crippen molar-refractivity contribution in [1.29, 1.82) is 0 Å². The molecule has 0 saturated carbocycles. The molecule has 0 saturated heterocycles. The van der Waals surface area contributed by atoms with Gasteiger partial charge < -0.3 is 5.73 Å². The fourth-order valence-corrected chi connectivity index (χ4v) is 2.92. The first-order valence-corrected chi connectivity index (χ1v) is 7.64. The summed E-state index contributed by atoms with van der Waals surface area (Å²) in [4.78, 5) is 9.13. The Morgan fingerprint density at radius 1 is 1.47 bits per heavy atom. The number of rotatable bonds is 4. The van der Waals surface area contributed by atoms with Gasteiger partial charge >= 0.3 is 0 Å². The Kier molecular flexibility index (Phi) is 4.80. The van der Waals surface area contributed by atoms with Crippen molar-refractivity contribution in [1.82, 2.24) is 9.97 Å². The van der Waals surface area contributed by atoms with Gasteiger partial charge in [0.1, 0.15) is 5.82 Å². The zero-order valence-corrected chi connectivity index (χ0v) is 11.3. The van der Waals surface area contributed by atoms with Gasteiger partial charge in [0, 0.05) is 23.5 Å². The van der Waals surface area contributed by atoms with Crippen LogP contribution in [0.3, 0.4) is 0 Å². The molecule has 0 spiro atoms. The Bertz CT molecular complexity index is 368. The SMILES string of the molecule is CCCSCc1ncc2c(n1)CCCCC2N. The maximum absolute atomic E-state index is 6.13. The average molecular weight is 251 g/mol. The van der Waals surface area contributed by atoms with Crippen molar-refractivity contribution in [3.63, 3.8) is 0 Å². The van der Waals surface area contributed by atoms with Gasteiger partial charge in [-0.3, -0.25) is 0 Å². The topological polar surface area (TPSA) is 51.8 Å². The van der Waals surface area contributed by atoms with Crippen LogP contribution in [0.5, 0.6) is 0 Å². The molecule has 0 aromatic carbocycles. The second-order valence-corrected chi connectivity index (χ2v) is 5.70. The monoisotopic (exact) mass is 251 g/mol. The fourth-order valence-electron chi connectivity index (χ4n) is 2.17. The van der Waals surface area contributed by atoms with E-state index in [1.807, 2.05) is 18.0 Å². The molecule has 2 rings (SSSR count). The second kappa shape index (κ2) is 6.36. The molecule has 4 heteroatoms. The molecule has 1 atom stereocenters. The Morgan fingerprint density at radius 3 is 3.18 bits per heavy atom. The first-order valence-electron chi connectivity index (χ1n) is 6.49. The summed E-state index contributed by atoms with van der Waals surface area (Å²) in [5.74, 6) is 3.08. The molecule has 1 aromatic rings. The Balaban J connectivity index is 2.09. The van der Waals surface area contributed by atoms with Gasteiger partial charge in [-0.25, -0.2) is 9.97 Å². The van der Waals surface area contributed by atoms with Crippen molar-refractivity contribution in [3.05, 3.63) is 23.3 Å². The smallest absolute Gasteiger partial charge is 0.138 e. The van der Waals surface area contributed by atoms with E-state index in [1.54, 1.807) is 0 Å². The molecule has 1 aromatic heterocycles. The lowest BCUT2D eigenvalue weighted by Crippen LogP contribution is -2.13. The van der Waals surface area contributed by atoms with E-state index >= 15 is 0 Å². The van der Waals surface area contributed by atoms with Gasteiger partial charge in [-0.15, -0.1) is 0 Å². The highest BCUT2D eigenvalue weighted by molar-refractivity contribution is 7.98. The van der Waals surface area contributed by atoms with E-state index in [0.29, 0.717) is 0 Å². The third kappa shape index (κ3) is 3.42. The third-order valence-corrected chi connectivity index (χ3v) is 4.27. The molecule has 0 radical (unpaired) electrons. The van der Waals surface area contributed by atoms with E-state index in [-0.39, 0.29) is 6.04 Å². The minimum atomic E-state index is 0.143. The van der Waals surface area contributed by atoms with Crippen LogP contribution in [0, 0.1) is 0 Å². The summed E-state index contributed by atoms with van der Waals surface area (Å²) in [5.41, 5.74) is 8.50. The molecule has 0 fully saturated rings. The average Bonchev–Trinajstić information content (AvgIpc) is 2.52. The Hall–Kier alpha value is -0.610. The maximum atomic E-state index is 6.13. The van der Waals surface area contributed by atoms with Crippen molar-refractivity contribution < 1.29 is 0 Å². The minimum absolute atomic E-state index is 0.143. The van der Waals surface area contributed by atoms with Crippen LogP contribution in [-0.2, 0) is 12.2 Å². The lowest BCUT2D eigenvalue weighted by molar-refractivity contribution is 0.614. The van der Waals surface area contributed by atoms with Crippen LogP contribution >= 0.6 is 11.8 Å². The number of thioether (sulfide) groups is 1. The van der Waals surface area contributed by atoms with Gasteiger partial charge in [0.2, 0.25) is 0 Å². The zero-order valence-electron chi connectivity index (χ0n) is 10.5. The number of nitrogens with zero attached hydrogens (tertiary/aromatic N) is 2. The summed E-state index contributed by atoms with van der Waals surface area (Å²) in [5, 5.41) is 0. The molecule has 94 valence electrons. The highest BCUT2D eigenvalue weighted by Crippen LogP contribution is 2.25. The first kappa shape index (κ1) is 12.8. The van der Waals surface area contributed by atoms with Crippen LogP contribution < -0.4 is 5.73 Å². The predicted molar refractivity (Wildman–Crippen MR) is 73.0 cm³/mol. The van der Waals surface area contributed by atoms with Crippen LogP contribution in [0.25, 0.3) is 0 Å². The van der Waals surface area contributed by atoms with Crippen LogP contribution in [0.15, 0.2) is 6.20 Å². The quantitative estimate of drug-likeness (QED) is 0.660. The standard InChI is InChI=1S/C13H21N3S/c1-2-7-17-9-13-15-8-10-11(14)5-3-4-6-12(10)16-13/h8,11H,2-7,9,14H2,1H3. The molecule has 0 aliphatic heterocycles. The number of nitrogens with two attached hydrogens (primary N) is 1. The molecule has 0 amide bonds. The summed E-state index contributed by atoms with van der Waals surface area (Å²) < 4.78 is 0. The highest BCUT2D eigenvalue weighted by Gasteiger charge is 2.17. The van der Waals surface area contributed by atoms with Gasteiger partial charge in [0.25, 0.3) is 0 Å². The summed E-state index contributed by atoms with van der Waals surface area (Å²) in [6.07, 6.45) is 7.72. The van der Waals surface area contributed by atoms with Crippen LogP contribution in [0.1, 0.15) is 55.7 Å². The van der Waals surface area contributed by atoms with Crippen molar-refractivity contribution in [3.8, 4) is 0 Å². The lowest BCUT2D eigenvalue weighted by Gasteiger charge is -2.12. The van der Waals surface area contributed by atoms with E-state index < -0.39 is 0 Å². The van der Waals surface area contributed by atoms with E-state index in [9.17, 15) is 0 Å². The summed E-state index contributed by atoms with van der Waals surface area (Å²) in [6, 6.07) is 0.143. The predicted octanol–water partition coefficient (Wildman–Crippen LogP) is 2.85. The number of aromatic nitrogens is 2. The van der Waals surface area contributed by atoms with Crippen LogP contribution in [-0.4, -0.2) is 15.7 Å². The number of fused-ring (bicyclic) bond motifs is 1. The van der Waals surface area contributed by atoms with Crippen molar-refractivity contribution in [2.75, 3.05) is 5.75 Å². The zero-order chi connectivity index (χ0) is 12.1. The molecule has 1 aliphatic carbocycles. The molecular weight excluding hydrogens is 230 g/mol. The fraction of sp³-hybridized carbons (Fsp3) is 0.692. The van der Waals surface area contributed by atoms with Crippen LogP contribution in [0.2, 0.25) is 0 Å². The molecule has 1 aliphatic rings. The number of hydrogen-bond acceptors (Lipinski definition) is 4. The largest absolute Gasteiger partial charge is 0.324 e. The van der Waals surface area contributed by atoms with Gasteiger partial charge in [-0.05, 0) is 31.4 Å². The van der Waals surface area contributed by atoms with E-state index in [2.05, 4.69) is 16.9 Å². The van der Waals surface area contributed by atoms with Crippen LogP contribution in [0.4, 0.5) is 0 Å². The van der Waals surface area contributed by atoms with Gasteiger partial charge in [-0.2, -0.15) is 11.8 Å². The molecule has 0 bridgehead atoms. The van der Waals surface area contributed by atoms with Crippen molar-refractivity contribution in [2.24, 2.45) is 5.73 Å². The number of aryl methyl sites for hydroxylation is 1. The molecule has 1 heterocycles. The molecule has 17 heavy (non-hydrogen) atoms. The van der Waals surface area contributed by atoms with Gasteiger partial charge in [0.15, 0.2) is 0 Å². The molecule has 1 unspecified atom stereocenters. The van der Waals surface area contributed by atoms with E-state index in [0.717, 1.165) is 24.4 Å². The van der Waals surface area contributed by atoms with Crippen molar-refractivity contribution in [2.45, 2.75) is 50.8 Å². The van der Waals surface area contributed by atoms with E-state index in [4.69, 9.17) is 5.73 Å². The second-order valence-electron chi connectivity index (χ2n) is 4.59. The summed E-state index contributed by atoms with van der Waals surface area (Å²) in [6.45, 7) is 2.20. The third-order valence-electron chi connectivity index (χ3n) is 3.11. The summed E-state index contributed by atoms with van der Waals surface area (Å²) in [7, 11) is 0. The normalized spacial score (nSPS) is 19.8. The lowest BCUT2D eigenvalue weighted by atomic mass is 10.1. The number of hydrogen-bond donors (Lipinski definition) is 1. The van der Waals surface area contributed by atoms with Gasteiger partial charge in [-0.1, -0.05) is 13.3 Å². The first-order chi connectivity index (χ1) is 8.31. The maximum Gasteiger partial charge on any atom is 0.138 e. The van der Waals surface area contributed by atoms with E-state index in [1.165, 1.54) is 36.3 Å². The van der Waals surface area contributed by atoms with Crippen molar-refractivity contribution >= 4 is 11.8 Å². The highest BCUT2D eigenvalue weighted by atomic mass is 32.2. The van der Waals surface area contributed by atoms with Gasteiger partial charge in [0.05, 0.1) is 5.75 Å². The minimum Gasteiger partial charge on any atom is -0.324 e. The summed E-state index contributed by atoms with van der Waals surface area (Å²) >= 11 is 1.91. The Labute approximate surface area is 108 Å². The molecule has 2 N–H and O–H groups in total. The molecule has 3 nitrogen and oxygen atoms in total. The Morgan fingerprint density at radius 2 is 2.35 bits per heavy atom.